The number of carboxylic acids is 2. The molecule has 9 heteroatoms. The molecule has 1 aliphatic rings. The lowest BCUT2D eigenvalue weighted by molar-refractivity contribution is -0.121. The Hall–Kier alpha value is -4.11. The predicted octanol–water partition coefficient (Wildman–Crippen LogP) is 4.89. The number of carbonyl (C=O) groups excluding carboxylic acids is 1. The van der Waals surface area contributed by atoms with E-state index in [0.29, 0.717) is 27.3 Å². The second-order valence-electron chi connectivity index (χ2n) is 7.26. The highest BCUT2D eigenvalue weighted by Gasteiger charge is 2.30. The molecule has 8 nitrogen and oxygen atoms in total. The third-order valence-electron chi connectivity index (χ3n) is 4.96. The fourth-order valence-corrected chi connectivity index (χ4v) is 4.22. The molecular formula is C24H18N2O6S. The molecule has 0 unspecified atom stereocenters. The quantitative estimate of drug-likeness (QED) is 0.518. The smallest absolute Gasteiger partial charge is 0.335 e. The summed E-state index contributed by atoms with van der Waals surface area (Å²) in [5.74, 6) is -1.29. The van der Waals surface area contributed by atoms with Crippen molar-refractivity contribution in [3.63, 3.8) is 0 Å². The summed E-state index contributed by atoms with van der Waals surface area (Å²) < 4.78 is 5.88. The van der Waals surface area contributed by atoms with Gasteiger partial charge in [0.15, 0.2) is 5.17 Å². The summed E-state index contributed by atoms with van der Waals surface area (Å²) in [5, 5.41) is 18.7. The Morgan fingerprint density at radius 1 is 1.03 bits per heavy atom. The van der Waals surface area contributed by atoms with E-state index >= 15 is 0 Å². The molecule has 0 aliphatic carbocycles. The number of likely N-dealkylation sites (N-methyl/N-ethyl adjacent to an activating group) is 1. The number of benzene rings is 2. The second-order valence-corrected chi connectivity index (χ2v) is 8.27. The average Bonchev–Trinajstić information content (AvgIpc) is 3.34. The maximum absolute atomic E-state index is 12.7. The number of nitrogens with zero attached hydrogens (tertiary/aromatic N) is 2. The van der Waals surface area contributed by atoms with E-state index in [0.717, 1.165) is 22.9 Å². The molecule has 0 bridgehead atoms. The number of hydrogen-bond acceptors (Lipinski definition) is 6. The van der Waals surface area contributed by atoms with Gasteiger partial charge in [0, 0.05) is 18.7 Å². The number of carboxylic acid groups (broad SMARTS) is 2. The maximum Gasteiger partial charge on any atom is 0.335 e. The molecule has 2 heterocycles. The first kappa shape index (κ1) is 22.1. The van der Waals surface area contributed by atoms with Crippen LogP contribution in [0.25, 0.3) is 17.4 Å². The number of hydrogen-bond donors (Lipinski definition) is 2. The van der Waals surface area contributed by atoms with Gasteiger partial charge in [-0.25, -0.2) is 14.6 Å². The highest BCUT2D eigenvalue weighted by atomic mass is 32.2. The summed E-state index contributed by atoms with van der Waals surface area (Å²) >= 11 is 1.16. The van der Waals surface area contributed by atoms with Crippen LogP contribution >= 0.6 is 11.8 Å². The van der Waals surface area contributed by atoms with Gasteiger partial charge in [0.05, 0.1) is 21.7 Å². The lowest BCUT2D eigenvalue weighted by atomic mass is 10.0. The number of aryl methyl sites for hydroxylation is 1. The minimum atomic E-state index is -1.05. The first-order chi connectivity index (χ1) is 15.7. The minimum Gasteiger partial charge on any atom is -0.478 e. The summed E-state index contributed by atoms with van der Waals surface area (Å²) in [7, 11) is 1.59. The number of aliphatic imine (C=N–C) groups is 1. The summed E-state index contributed by atoms with van der Waals surface area (Å²) in [5.41, 5.74) is 2.25. The highest BCUT2D eigenvalue weighted by Crippen LogP contribution is 2.34. The van der Waals surface area contributed by atoms with Crippen LogP contribution in [0.5, 0.6) is 0 Å². The Balaban J connectivity index is 1.59. The van der Waals surface area contributed by atoms with Gasteiger partial charge in [0.1, 0.15) is 11.5 Å². The number of amidine groups is 1. The fourth-order valence-electron chi connectivity index (χ4n) is 3.25. The standard InChI is InChI=1S/C24H18N2O6S/c1-13-10-15(23(30)31)6-8-18(13)19-9-7-17(32-19)12-20-21(27)26(2)24(33-20)25-16-5-3-4-14(11-16)22(28)29/h3-12H,1-2H3,(H,28,29)(H,30,31)/b20-12-,25-24?. The first-order valence-electron chi connectivity index (χ1n) is 9.77. The number of aromatic carboxylic acids is 2. The van der Waals surface area contributed by atoms with Crippen molar-refractivity contribution in [3.05, 3.63) is 82.0 Å². The molecule has 3 aromatic rings. The van der Waals surface area contributed by atoms with E-state index in [2.05, 4.69) is 4.99 Å². The molecule has 0 radical (unpaired) electrons. The minimum absolute atomic E-state index is 0.111. The normalized spacial score (nSPS) is 16.1. The number of rotatable bonds is 5. The van der Waals surface area contributed by atoms with E-state index in [4.69, 9.17) is 14.6 Å². The summed E-state index contributed by atoms with van der Waals surface area (Å²) in [6, 6.07) is 14.4. The van der Waals surface area contributed by atoms with Gasteiger partial charge >= 0.3 is 11.9 Å². The number of amides is 1. The van der Waals surface area contributed by atoms with Gasteiger partial charge in [-0.05, 0) is 66.7 Å². The van der Waals surface area contributed by atoms with E-state index in [9.17, 15) is 14.4 Å². The molecule has 1 fully saturated rings. The summed E-state index contributed by atoms with van der Waals surface area (Å²) in [6.45, 7) is 1.80. The molecule has 1 saturated heterocycles. The Bertz CT molecular complexity index is 1350. The molecule has 1 aliphatic heterocycles. The van der Waals surface area contributed by atoms with Gasteiger partial charge in [-0.1, -0.05) is 12.1 Å². The lowest BCUT2D eigenvalue weighted by Crippen LogP contribution is -2.23. The van der Waals surface area contributed by atoms with E-state index in [1.165, 1.54) is 23.1 Å². The van der Waals surface area contributed by atoms with Crippen LogP contribution in [0.1, 0.15) is 32.0 Å². The molecule has 1 amide bonds. The van der Waals surface area contributed by atoms with Crippen LogP contribution in [-0.2, 0) is 4.79 Å². The highest BCUT2D eigenvalue weighted by molar-refractivity contribution is 8.18. The maximum atomic E-state index is 12.7. The van der Waals surface area contributed by atoms with Crippen molar-refractivity contribution in [2.75, 3.05) is 7.05 Å². The van der Waals surface area contributed by atoms with Crippen LogP contribution in [0.2, 0.25) is 0 Å². The molecule has 1 aromatic heterocycles. The van der Waals surface area contributed by atoms with Crippen LogP contribution in [0.3, 0.4) is 0 Å². The zero-order chi connectivity index (χ0) is 23.7. The van der Waals surface area contributed by atoms with Crippen molar-refractivity contribution < 1.29 is 29.0 Å². The van der Waals surface area contributed by atoms with Gasteiger partial charge in [-0.15, -0.1) is 0 Å². The van der Waals surface area contributed by atoms with E-state index in [-0.39, 0.29) is 17.0 Å². The molecular weight excluding hydrogens is 444 g/mol. The topological polar surface area (TPSA) is 120 Å². The monoisotopic (exact) mass is 462 g/mol. The molecule has 33 heavy (non-hydrogen) atoms. The number of carbonyl (C=O) groups is 3. The first-order valence-corrected chi connectivity index (χ1v) is 10.6. The molecule has 0 atom stereocenters. The molecule has 166 valence electrons. The zero-order valence-corrected chi connectivity index (χ0v) is 18.4. The van der Waals surface area contributed by atoms with Crippen LogP contribution in [0, 0.1) is 6.92 Å². The summed E-state index contributed by atoms with van der Waals surface area (Å²) in [6.07, 6.45) is 1.62. The van der Waals surface area contributed by atoms with Crippen molar-refractivity contribution in [1.82, 2.24) is 4.90 Å². The summed E-state index contributed by atoms with van der Waals surface area (Å²) in [4.78, 5) is 41.2. The number of furan rings is 1. The van der Waals surface area contributed by atoms with Gasteiger partial charge < -0.3 is 14.6 Å². The lowest BCUT2D eigenvalue weighted by Gasteiger charge is -2.07. The fraction of sp³-hybridized carbons (Fsp3) is 0.0833. The van der Waals surface area contributed by atoms with Crippen molar-refractivity contribution in [3.8, 4) is 11.3 Å². The van der Waals surface area contributed by atoms with Gasteiger partial charge in [-0.3, -0.25) is 9.69 Å². The Labute approximate surface area is 192 Å². The van der Waals surface area contributed by atoms with Gasteiger partial charge in [0.25, 0.3) is 5.91 Å². The van der Waals surface area contributed by atoms with Crippen LogP contribution in [0.4, 0.5) is 5.69 Å². The Morgan fingerprint density at radius 2 is 1.76 bits per heavy atom. The molecule has 2 aromatic carbocycles. The van der Waals surface area contributed by atoms with E-state index < -0.39 is 11.9 Å². The van der Waals surface area contributed by atoms with Crippen LogP contribution < -0.4 is 0 Å². The van der Waals surface area contributed by atoms with Crippen molar-refractivity contribution in [2.45, 2.75) is 6.92 Å². The SMILES string of the molecule is Cc1cc(C(=O)O)ccc1-c1ccc(/C=C2\SC(=Nc3cccc(C(=O)O)c3)N(C)C2=O)o1. The van der Waals surface area contributed by atoms with Crippen molar-refractivity contribution in [1.29, 1.82) is 0 Å². The third kappa shape index (κ3) is 4.58. The Morgan fingerprint density at radius 3 is 2.45 bits per heavy atom. The van der Waals surface area contributed by atoms with Crippen molar-refractivity contribution in [2.24, 2.45) is 4.99 Å². The van der Waals surface area contributed by atoms with E-state index in [1.807, 2.05) is 0 Å². The van der Waals surface area contributed by atoms with Crippen molar-refractivity contribution >= 4 is 46.5 Å². The Kier molecular flexibility index (Phi) is 5.89. The largest absolute Gasteiger partial charge is 0.478 e. The predicted molar refractivity (Wildman–Crippen MR) is 125 cm³/mol. The van der Waals surface area contributed by atoms with E-state index in [1.54, 1.807) is 56.4 Å². The third-order valence-corrected chi connectivity index (χ3v) is 6.02. The second kappa shape index (κ2) is 8.79. The van der Waals surface area contributed by atoms with Gasteiger partial charge in [-0.2, -0.15) is 0 Å². The van der Waals surface area contributed by atoms with Gasteiger partial charge in [0.2, 0.25) is 0 Å². The molecule has 0 spiro atoms. The number of thioether (sulfide) groups is 1. The zero-order valence-electron chi connectivity index (χ0n) is 17.6. The van der Waals surface area contributed by atoms with Crippen LogP contribution in [-0.4, -0.2) is 45.2 Å². The van der Waals surface area contributed by atoms with Crippen LogP contribution in [0.15, 0.2) is 68.9 Å². The molecule has 0 saturated carbocycles. The molecule has 2 N–H and O–H groups in total. The molecule has 4 rings (SSSR count). The average molecular weight is 462 g/mol.